The van der Waals surface area contributed by atoms with Crippen molar-refractivity contribution >= 4 is 22.8 Å². The standard InChI is InChI=1S/C15H14N2O4/c18-10-7-13(15(20)21)17(8-10)14(19)12-6-5-9-3-1-2-4-11(9)16-12/h1-6,10,13,18H,7-8H2,(H,20,21)/t10-,13+/m1/s1. The number of hydrogen-bond donors (Lipinski definition) is 2. The predicted octanol–water partition coefficient (Wildman–Crippen LogP) is 0.895. The normalized spacial score (nSPS) is 21.7. The molecule has 0 unspecified atom stereocenters. The molecule has 6 heteroatoms. The molecule has 2 atom stereocenters. The lowest BCUT2D eigenvalue weighted by atomic mass is 10.2. The molecule has 21 heavy (non-hydrogen) atoms. The molecule has 6 nitrogen and oxygen atoms in total. The zero-order valence-corrected chi connectivity index (χ0v) is 11.1. The lowest BCUT2D eigenvalue weighted by molar-refractivity contribution is -0.141. The van der Waals surface area contributed by atoms with Crippen LogP contribution in [0.25, 0.3) is 10.9 Å². The second-order valence-corrected chi connectivity index (χ2v) is 5.09. The molecule has 1 aliphatic heterocycles. The lowest BCUT2D eigenvalue weighted by Crippen LogP contribution is -2.40. The number of benzene rings is 1. The van der Waals surface area contributed by atoms with Gasteiger partial charge in [0, 0.05) is 18.4 Å². The number of para-hydroxylation sites is 1. The molecule has 2 N–H and O–H groups in total. The molecule has 1 amide bonds. The molecule has 0 spiro atoms. The van der Waals surface area contributed by atoms with Crippen LogP contribution in [0.15, 0.2) is 36.4 Å². The predicted molar refractivity (Wildman–Crippen MR) is 74.8 cm³/mol. The number of carboxylic acid groups (broad SMARTS) is 1. The van der Waals surface area contributed by atoms with E-state index in [1.807, 2.05) is 18.2 Å². The van der Waals surface area contributed by atoms with E-state index >= 15 is 0 Å². The first kappa shape index (κ1) is 13.5. The Hall–Kier alpha value is -2.47. The minimum absolute atomic E-state index is 0.0182. The van der Waals surface area contributed by atoms with Gasteiger partial charge in [0.05, 0.1) is 11.6 Å². The molecule has 0 radical (unpaired) electrons. The number of amides is 1. The molecule has 1 aromatic heterocycles. The van der Waals surface area contributed by atoms with Gasteiger partial charge in [-0.25, -0.2) is 9.78 Å². The van der Waals surface area contributed by atoms with Crippen LogP contribution in [0.5, 0.6) is 0 Å². The van der Waals surface area contributed by atoms with Crippen LogP contribution in [-0.4, -0.2) is 50.7 Å². The van der Waals surface area contributed by atoms with E-state index in [1.165, 1.54) is 4.90 Å². The zero-order chi connectivity index (χ0) is 15.0. The first-order chi connectivity index (χ1) is 10.1. The van der Waals surface area contributed by atoms with Crippen LogP contribution in [0, 0.1) is 0 Å². The molecule has 108 valence electrons. The zero-order valence-electron chi connectivity index (χ0n) is 11.1. The van der Waals surface area contributed by atoms with Gasteiger partial charge in [-0.05, 0) is 12.1 Å². The van der Waals surface area contributed by atoms with Gasteiger partial charge in [0.25, 0.3) is 5.91 Å². The smallest absolute Gasteiger partial charge is 0.326 e. The average Bonchev–Trinajstić information content (AvgIpc) is 2.88. The molecule has 3 rings (SSSR count). The Morgan fingerprint density at radius 3 is 2.71 bits per heavy atom. The number of hydrogen-bond acceptors (Lipinski definition) is 4. The van der Waals surface area contributed by atoms with Crippen molar-refractivity contribution in [2.45, 2.75) is 18.6 Å². The van der Waals surface area contributed by atoms with Crippen molar-refractivity contribution in [2.24, 2.45) is 0 Å². The maximum Gasteiger partial charge on any atom is 0.326 e. The number of aromatic nitrogens is 1. The van der Waals surface area contributed by atoms with Gasteiger partial charge in [0.15, 0.2) is 0 Å². The van der Waals surface area contributed by atoms with E-state index in [0.717, 1.165) is 5.39 Å². The summed E-state index contributed by atoms with van der Waals surface area (Å²) in [7, 11) is 0. The SMILES string of the molecule is O=C(O)[C@@H]1C[C@@H](O)CN1C(=O)c1ccc2ccccc2n1. The number of carboxylic acids is 1. The first-order valence-corrected chi connectivity index (χ1v) is 6.64. The van der Waals surface area contributed by atoms with Gasteiger partial charge < -0.3 is 15.1 Å². The van der Waals surface area contributed by atoms with Gasteiger partial charge in [-0.1, -0.05) is 24.3 Å². The van der Waals surface area contributed by atoms with E-state index in [2.05, 4.69) is 4.98 Å². The minimum atomic E-state index is -1.11. The lowest BCUT2D eigenvalue weighted by Gasteiger charge is -2.20. The second kappa shape index (κ2) is 5.14. The topological polar surface area (TPSA) is 90.7 Å². The Labute approximate surface area is 120 Å². The summed E-state index contributed by atoms with van der Waals surface area (Å²) in [6, 6.07) is 9.73. The number of aliphatic carboxylic acids is 1. The minimum Gasteiger partial charge on any atom is -0.480 e. The number of rotatable bonds is 2. The van der Waals surface area contributed by atoms with E-state index in [-0.39, 0.29) is 18.7 Å². The molecule has 1 saturated heterocycles. The molecule has 0 aliphatic carbocycles. The molecule has 2 heterocycles. The molecule has 1 fully saturated rings. The Bertz CT molecular complexity index is 716. The number of β-amino-alcohol motifs (C(OH)–C–C–N with tert-alkyl or cyclic N) is 1. The van der Waals surface area contributed by atoms with Gasteiger partial charge in [-0.3, -0.25) is 4.79 Å². The highest BCUT2D eigenvalue weighted by molar-refractivity contribution is 5.97. The van der Waals surface area contributed by atoms with Gasteiger partial charge >= 0.3 is 5.97 Å². The number of pyridine rings is 1. The summed E-state index contributed by atoms with van der Waals surface area (Å²) in [5.74, 6) is -1.58. The number of aliphatic hydroxyl groups is 1. The van der Waals surface area contributed by atoms with Crippen molar-refractivity contribution in [1.82, 2.24) is 9.88 Å². The fourth-order valence-corrected chi connectivity index (χ4v) is 2.60. The van der Waals surface area contributed by atoms with Crippen LogP contribution in [0.1, 0.15) is 16.9 Å². The molecule has 1 aliphatic rings. The van der Waals surface area contributed by atoms with E-state index in [1.54, 1.807) is 18.2 Å². The van der Waals surface area contributed by atoms with Crippen LogP contribution in [0.3, 0.4) is 0 Å². The van der Waals surface area contributed by atoms with Crippen LogP contribution < -0.4 is 0 Å². The Kier molecular flexibility index (Phi) is 3.31. The van der Waals surface area contributed by atoms with Crippen LogP contribution in [-0.2, 0) is 4.79 Å². The second-order valence-electron chi connectivity index (χ2n) is 5.09. The molecular formula is C15H14N2O4. The highest BCUT2D eigenvalue weighted by Gasteiger charge is 2.39. The Balaban J connectivity index is 1.94. The summed E-state index contributed by atoms with van der Waals surface area (Å²) in [6.45, 7) is 0.0182. The fourth-order valence-electron chi connectivity index (χ4n) is 2.60. The molecule has 1 aromatic carbocycles. The monoisotopic (exact) mass is 286 g/mol. The van der Waals surface area contributed by atoms with Crippen LogP contribution in [0.2, 0.25) is 0 Å². The van der Waals surface area contributed by atoms with Gasteiger partial charge in [-0.2, -0.15) is 0 Å². The molecular weight excluding hydrogens is 272 g/mol. The maximum atomic E-state index is 12.4. The first-order valence-electron chi connectivity index (χ1n) is 6.64. The van der Waals surface area contributed by atoms with Crippen molar-refractivity contribution in [3.05, 3.63) is 42.1 Å². The summed E-state index contributed by atoms with van der Waals surface area (Å²) in [4.78, 5) is 29.1. The number of likely N-dealkylation sites (tertiary alicyclic amines) is 1. The number of nitrogens with zero attached hydrogens (tertiary/aromatic N) is 2. The fraction of sp³-hybridized carbons (Fsp3) is 0.267. The van der Waals surface area contributed by atoms with Crippen molar-refractivity contribution in [1.29, 1.82) is 0 Å². The largest absolute Gasteiger partial charge is 0.480 e. The third kappa shape index (κ3) is 2.45. The molecule has 2 aromatic rings. The molecule has 0 saturated carbocycles. The highest BCUT2D eigenvalue weighted by atomic mass is 16.4. The van der Waals surface area contributed by atoms with Crippen molar-refractivity contribution in [3.8, 4) is 0 Å². The quantitative estimate of drug-likeness (QED) is 0.855. The Morgan fingerprint density at radius 2 is 1.95 bits per heavy atom. The highest BCUT2D eigenvalue weighted by Crippen LogP contribution is 2.21. The number of fused-ring (bicyclic) bond motifs is 1. The van der Waals surface area contributed by atoms with E-state index < -0.39 is 24.0 Å². The maximum absolute atomic E-state index is 12.4. The van der Waals surface area contributed by atoms with Crippen LogP contribution >= 0.6 is 0 Å². The van der Waals surface area contributed by atoms with Gasteiger partial charge in [-0.15, -0.1) is 0 Å². The Morgan fingerprint density at radius 1 is 1.19 bits per heavy atom. The van der Waals surface area contributed by atoms with E-state index in [0.29, 0.717) is 5.52 Å². The third-order valence-electron chi connectivity index (χ3n) is 3.64. The molecule has 0 bridgehead atoms. The van der Waals surface area contributed by atoms with Crippen molar-refractivity contribution in [3.63, 3.8) is 0 Å². The van der Waals surface area contributed by atoms with Gasteiger partial charge in [0.2, 0.25) is 0 Å². The summed E-state index contributed by atoms with van der Waals surface area (Å²) in [6.07, 6.45) is -0.759. The summed E-state index contributed by atoms with van der Waals surface area (Å²) in [5.41, 5.74) is 0.865. The number of aliphatic hydroxyl groups excluding tert-OH is 1. The summed E-state index contributed by atoms with van der Waals surface area (Å²) in [5, 5.41) is 19.7. The summed E-state index contributed by atoms with van der Waals surface area (Å²) < 4.78 is 0. The van der Waals surface area contributed by atoms with Crippen molar-refractivity contribution < 1.29 is 19.8 Å². The number of carbonyl (C=O) groups excluding carboxylic acids is 1. The van der Waals surface area contributed by atoms with E-state index in [4.69, 9.17) is 5.11 Å². The van der Waals surface area contributed by atoms with Crippen LogP contribution in [0.4, 0.5) is 0 Å². The van der Waals surface area contributed by atoms with Gasteiger partial charge in [0.1, 0.15) is 11.7 Å². The third-order valence-corrected chi connectivity index (χ3v) is 3.64. The number of carbonyl (C=O) groups is 2. The van der Waals surface area contributed by atoms with E-state index in [9.17, 15) is 14.7 Å². The summed E-state index contributed by atoms with van der Waals surface area (Å²) >= 11 is 0. The average molecular weight is 286 g/mol. The van der Waals surface area contributed by atoms with Crippen molar-refractivity contribution in [2.75, 3.05) is 6.54 Å².